The Bertz CT molecular complexity index is 1000. The summed E-state index contributed by atoms with van der Waals surface area (Å²) in [4.78, 5) is 29.7. The molecule has 0 bridgehead atoms. The van der Waals surface area contributed by atoms with E-state index in [1.165, 1.54) is 4.68 Å². The molecule has 3 aromatic rings. The molecule has 0 saturated heterocycles. The van der Waals surface area contributed by atoms with E-state index in [9.17, 15) is 9.59 Å². The van der Waals surface area contributed by atoms with Gasteiger partial charge in [0, 0.05) is 34.6 Å². The number of hydrogen-bond acceptors (Lipinski definition) is 4. The van der Waals surface area contributed by atoms with E-state index in [0.29, 0.717) is 28.4 Å². The first-order valence-corrected chi connectivity index (χ1v) is 8.87. The predicted octanol–water partition coefficient (Wildman–Crippen LogP) is 3.39. The van der Waals surface area contributed by atoms with Crippen LogP contribution in [-0.4, -0.2) is 20.7 Å². The lowest BCUT2D eigenvalue weighted by atomic mass is 10.1. The molecule has 1 N–H and O–H groups in total. The molecule has 1 aromatic carbocycles. The Morgan fingerprint density at radius 1 is 1.22 bits per heavy atom. The lowest BCUT2D eigenvalue weighted by molar-refractivity contribution is -0.119. The first-order valence-electron chi connectivity index (χ1n) is 8.49. The van der Waals surface area contributed by atoms with E-state index in [1.54, 1.807) is 50.4 Å². The highest BCUT2D eigenvalue weighted by Gasteiger charge is 2.20. The number of nitrogens with zero attached hydrogens (tertiary/aromatic N) is 3. The highest BCUT2D eigenvalue weighted by Crippen LogP contribution is 2.15. The molecule has 0 spiro atoms. The second-order valence-electron chi connectivity index (χ2n) is 6.23. The zero-order chi connectivity index (χ0) is 19.4. The third-order valence-electron chi connectivity index (χ3n) is 4.09. The van der Waals surface area contributed by atoms with Crippen LogP contribution < -0.4 is 10.9 Å². The fraction of sp³-hybridized carbons (Fsp3) is 0.200. The van der Waals surface area contributed by atoms with Gasteiger partial charge in [0.15, 0.2) is 0 Å². The average molecular weight is 383 g/mol. The summed E-state index contributed by atoms with van der Waals surface area (Å²) in [6.07, 6.45) is 2.07. The van der Waals surface area contributed by atoms with Crippen molar-refractivity contribution in [3.63, 3.8) is 0 Å². The van der Waals surface area contributed by atoms with Crippen LogP contribution in [0.1, 0.15) is 29.9 Å². The van der Waals surface area contributed by atoms with Gasteiger partial charge in [-0.3, -0.25) is 14.6 Å². The van der Waals surface area contributed by atoms with Gasteiger partial charge in [-0.1, -0.05) is 17.7 Å². The van der Waals surface area contributed by atoms with Crippen molar-refractivity contribution in [2.24, 2.45) is 0 Å². The van der Waals surface area contributed by atoms with Crippen molar-refractivity contribution in [3.05, 3.63) is 87.1 Å². The highest BCUT2D eigenvalue weighted by molar-refractivity contribution is 6.30. The van der Waals surface area contributed by atoms with Gasteiger partial charge in [-0.2, -0.15) is 5.10 Å². The number of carbonyl (C=O) groups is 1. The van der Waals surface area contributed by atoms with Crippen LogP contribution in [0.15, 0.2) is 59.5 Å². The maximum Gasteiger partial charge on any atom is 0.271 e. The minimum absolute atomic E-state index is 0.301. The molecule has 0 aliphatic carbocycles. The number of anilines is 1. The van der Waals surface area contributed by atoms with Gasteiger partial charge < -0.3 is 5.32 Å². The molecule has 0 aliphatic rings. The van der Waals surface area contributed by atoms with Gasteiger partial charge in [-0.05, 0) is 56.3 Å². The first kappa shape index (κ1) is 18.8. The molecule has 2 heterocycles. The standard InChI is InChI=1S/C20H19ClN4O2/c1-13-11-15(12-18-5-3-4-10-22-18)20(27)25(24-13)14(2)19(26)23-17-8-6-16(21)7-9-17/h3-11,14H,12H2,1-2H3,(H,23,26). The Morgan fingerprint density at radius 3 is 2.63 bits per heavy atom. The van der Waals surface area contributed by atoms with E-state index in [0.717, 1.165) is 5.69 Å². The van der Waals surface area contributed by atoms with Crippen LogP contribution >= 0.6 is 11.6 Å². The van der Waals surface area contributed by atoms with E-state index in [4.69, 9.17) is 11.6 Å². The third-order valence-corrected chi connectivity index (χ3v) is 4.34. The number of carbonyl (C=O) groups excluding carboxylic acids is 1. The van der Waals surface area contributed by atoms with Crippen molar-refractivity contribution in [3.8, 4) is 0 Å². The lowest BCUT2D eigenvalue weighted by Gasteiger charge is -2.16. The molecule has 2 aromatic heterocycles. The normalized spacial score (nSPS) is 11.8. The Kier molecular flexibility index (Phi) is 5.66. The number of amides is 1. The molecule has 1 unspecified atom stereocenters. The second kappa shape index (κ2) is 8.14. The molecule has 1 amide bonds. The summed E-state index contributed by atoms with van der Waals surface area (Å²) in [6, 6.07) is 13.3. The van der Waals surface area contributed by atoms with E-state index in [-0.39, 0.29) is 11.5 Å². The summed E-state index contributed by atoms with van der Waals surface area (Å²) in [5, 5.41) is 7.61. The van der Waals surface area contributed by atoms with Crippen LogP contribution in [0, 0.1) is 6.92 Å². The van der Waals surface area contributed by atoms with Gasteiger partial charge in [-0.25, -0.2) is 4.68 Å². The molecule has 1 atom stereocenters. The maximum absolute atomic E-state index is 12.8. The smallest absolute Gasteiger partial charge is 0.271 e. The number of pyridine rings is 1. The molecule has 0 fully saturated rings. The maximum atomic E-state index is 12.8. The number of rotatable bonds is 5. The van der Waals surface area contributed by atoms with Crippen molar-refractivity contribution < 1.29 is 4.79 Å². The van der Waals surface area contributed by atoms with Gasteiger partial charge in [0.2, 0.25) is 5.91 Å². The number of aryl methyl sites for hydroxylation is 1. The van der Waals surface area contributed by atoms with Crippen molar-refractivity contribution in [1.82, 2.24) is 14.8 Å². The Hall–Kier alpha value is -2.99. The number of halogens is 1. The minimum atomic E-state index is -0.768. The molecule has 0 saturated carbocycles. The van der Waals surface area contributed by atoms with Crippen molar-refractivity contribution in [2.45, 2.75) is 26.3 Å². The second-order valence-corrected chi connectivity index (χ2v) is 6.67. The lowest BCUT2D eigenvalue weighted by Crippen LogP contribution is -2.35. The summed E-state index contributed by atoms with van der Waals surface area (Å²) < 4.78 is 1.22. The molecular formula is C20H19ClN4O2. The average Bonchev–Trinajstić information content (AvgIpc) is 2.66. The van der Waals surface area contributed by atoms with Gasteiger partial charge in [0.05, 0.1) is 5.69 Å². The molecule has 3 rings (SSSR count). The van der Waals surface area contributed by atoms with Crippen molar-refractivity contribution >= 4 is 23.2 Å². The molecule has 138 valence electrons. The van der Waals surface area contributed by atoms with Crippen LogP contribution in [0.25, 0.3) is 0 Å². The number of aromatic nitrogens is 3. The summed E-state index contributed by atoms with van der Waals surface area (Å²) in [6.45, 7) is 3.44. The summed E-state index contributed by atoms with van der Waals surface area (Å²) >= 11 is 5.86. The van der Waals surface area contributed by atoms with E-state index in [2.05, 4.69) is 15.4 Å². The molecule has 27 heavy (non-hydrogen) atoms. The Morgan fingerprint density at radius 2 is 1.96 bits per heavy atom. The van der Waals surface area contributed by atoms with E-state index in [1.807, 2.05) is 18.2 Å². The predicted molar refractivity (Wildman–Crippen MR) is 105 cm³/mol. The molecule has 6 nitrogen and oxygen atoms in total. The summed E-state index contributed by atoms with van der Waals surface area (Å²) in [7, 11) is 0. The van der Waals surface area contributed by atoms with Crippen LogP contribution in [-0.2, 0) is 11.2 Å². The van der Waals surface area contributed by atoms with Gasteiger partial charge in [-0.15, -0.1) is 0 Å². The molecule has 0 aliphatic heterocycles. The number of nitrogens with one attached hydrogen (secondary N) is 1. The monoisotopic (exact) mass is 382 g/mol. The SMILES string of the molecule is Cc1cc(Cc2ccccn2)c(=O)n(C(C)C(=O)Nc2ccc(Cl)cc2)n1. The topological polar surface area (TPSA) is 76.9 Å². The highest BCUT2D eigenvalue weighted by atomic mass is 35.5. The van der Waals surface area contributed by atoms with Crippen molar-refractivity contribution in [2.75, 3.05) is 5.32 Å². The van der Waals surface area contributed by atoms with Crippen LogP contribution in [0.5, 0.6) is 0 Å². The number of hydrogen-bond donors (Lipinski definition) is 1. The zero-order valence-corrected chi connectivity index (χ0v) is 15.8. The number of benzene rings is 1. The van der Waals surface area contributed by atoms with Crippen LogP contribution in [0.2, 0.25) is 5.02 Å². The fourth-order valence-electron chi connectivity index (χ4n) is 2.68. The Balaban J connectivity index is 1.85. The molecule has 7 heteroatoms. The largest absolute Gasteiger partial charge is 0.324 e. The van der Waals surface area contributed by atoms with Gasteiger partial charge in [0.1, 0.15) is 6.04 Å². The van der Waals surface area contributed by atoms with Gasteiger partial charge >= 0.3 is 0 Å². The zero-order valence-electron chi connectivity index (χ0n) is 15.0. The quantitative estimate of drug-likeness (QED) is 0.733. The summed E-state index contributed by atoms with van der Waals surface area (Å²) in [5.41, 5.74) is 2.29. The van der Waals surface area contributed by atoms with Crippen LogP contribution in [0.3, 0.4) is 0 Å². The summed E-state index contributed by atoms with van der Waals surface area (Å²) in [5.74, 6) is -0.332. The van der Waals surface area contributed by atoms with Crippen LogP contribution in [0.4, 0.5) is 5.69 Å². The molecular weight excluding hydrogens is 364 g/mol. The van der Waals surface area contributed by atoms with Gasteiger partial charge in [0.25, 0.3) is 5.56 Å². The van der Waals surface area contributed by atoms with Crippen molar-refractivity contribution in [1.29, 1.82) is 0 Å². The minimum Gasteiger partial charge on any atom is -0.324 e. The fourth-order valence-corrected chi connectivity index (χ4v) is 2.81. The van der Waals surface area contributed by atoms with E-state index < -0.39 is 6.04 Å². The Labute approximate surface area is 161 Å². The van der Waals surface area contributed by atoms with E-state index >= 15 is 0 Å². The third kappa shape index (κ3) is 4.60. The first-order chi connectivity index (χ1) is 12.9. The molecule has 0 radical (unpaired) electrons.